The van der Waals surface area contributed by atoms with Crippen LogP contribution in [-0.4, -0.2) is 20.7 Å². The number of fused-ring (bicyclic) bond motifs is 1. The molecule has 3 atom stereocenters. The van der Waals surface area contributed by atoms with E-state index in [0.717, 1.165) is 0 Å². The van der Waals surface area contributed by atoms with Gasteiger partial charge in [0.1, 0.15) is 0 Å². The van der Waals surface area contributed by atoms with E-state index in [0.29, 0.717) is 11.8 Å². The van der Waals surface area contributed by atoms with Crippen LogP contribution >= 0.6 is 0 Å². The minimum absolute atomic E-state index is 0.273. The number of nitrogens with one attached hydrogen (secondary N) is 1. The highest BCUT2D eigenvalue weighted by Gasteiger charge is 2.50. The maximum atomic E-state index is 11.0. The van der Waals surface area contributed by atoms with Crippen molar-refractivity contribution in [3.05, 3.63) is 0 Å². The van der Waals surface area contributed by atoms with Gasteiger partial charge >= 0.3 is 0 Å². The minimum Gasteiger partial charge on any atom is -0.213 e. The van der Waals surface area contributed by atoms with Gasteiger partial charge in [-0.2, -0.15) is 0 Å². The summed E-state index contributed by atoms with van der Waals surface area (Å²) in [6, 6.07) is 0.273. The molecular formula is C9H17NO2S. The molecule has 0 aromatic heterocycles. The Morgan fingerprint density at radius 2 is 1.62 bits per heavy atom. The van der Waals surface area contributed by atoms with E-state index in [1.165, 1.54) is 38.4 Å². The first-order valence-electron chi connectivity index (χ1n) is 5.05. The lowest BCUT2D eigenvalue weighted by Gasteiger charge is -2.02. The molecule has 0 unspecified atom stereocenters. The second-order valence-corrected chi connectivity index (χ2v) is 6.16. The zero-order valence-electron chi connectivity index (χ0n) is 7.99. The molecule has 0 aliphatic heterocycles. The van der Waals surface area contributed by atoms with Crippen LogP contribution in [0.25, 0.3) is 0 Å². The first kappa shape index (κ1) is 9.46. The highest BCUT2D eigenvalue weighted by molar-refractivity contribution is 7.88. The number of hydrogen-bond donors (Lipinski definition) is 1. The van der Waals surface area contributed by atoms with Crippen molar-refractivity contribution in [2.45, 2.75) is 38.1 Å². The van der Waals surface area contributed by atoms with Crippen LogP contribution in [0.4, 0.5) is 0 Å². The van der Waals surface area contributed by atoms with Crippen LogP contribution in [-0.2, 0) is 10.0 Å². The lowest BCUT2D eigenvalue weighted by molar-refractivity contribution is 0.564. The van der Waals surface area contributed by atoms with Crippen LogP contribution in [0, 0.1) is 11.8 Å². The Labute approximate surface area is 80.0 Å². The molecule has 2 aliphatic rings. The van der Waals surface area contributed by atoms with Crippen LogP contribution < -0.4 is 4.72 Å². The van der Waals surface area contributed by atoms with Crippen molar-refractivity contribution in [1.82, 2.24) is 4.72 Å². The Kier molecular flexibility index (Phi) is 2.36. The summed E-state index contributed by atoms with van der Waals surface area (Å²) >= 11 is 0. The summed E-state index contributed by atoms with van der Waals surface area (Å²) in [5.41, 5.74) is 0. The van der Waals surface area contributed by atoms with Gasteiger partial charge in [-0.05, 0) is 24.7 Å². The molecule has 0 aromatic rings. The third kappa shape index (κ3) is 2.23. The molecule has 0 heterocycles. The van der Waals surface area contributed by atoms with E-state index in [2.05, 4.69) is 4.72 Å². The van der Waals surface area contributed by atoms with Gasteiger partial charge in [0.25, 0.3) is 0 Å². The molecule has 0 bridgehead atoms. The van der Waals surface area contributed by atoms with Gasteiger partial charge in [-0.1, -0.05) is 19.3 Å². The fourth-order valence-electron chi connectivity index (χ4n) is 2.59. The molecule has 0 spiro atoms. The van der Waals surface area contributed by atoms with Gasteiger partial charge in [-0.25, -0.2) is 13.1 Å². The third-order valence-corrected chi connectivity index (χ3v) is 3.96. The van der Waals surface area contributed by atoms with E-state index >= 15 is 0 Å². The fourth-order valence-corrected chi connectivity index (χ4v) is 3.44. The molecule has 0 amide bonds. The van der Waals surface area contributed by atoms with Crippen molar-refractivity contribution in [2.24, 2.45) is 11.8 Å². The fraction of sp³-hybridized carbons (Fsp3) is 1.00. The zero-order chi connectivity index (χ0) is 9.47. The van der Waals surface area contributed by atoms with Crippen molar-refractivity contribution in [3.63, 3.8) is 0 Å². The van der Waals surface area contributed by atoms with E-state index in [9.17, 15) is 8.42 Å². The van der Waals surface area contributed by atoms with Crippen molar-refractivity contribution in [3.8, 4) is 0 Å². The van der Waals surface area contributed by atoms with Crippen molar-refractivity contribution in [2.75, 3.05) is 6.26 Å². The molecule has 13 heavy (non-hydrogen) atoms. The van der Waals surface area contributed by atoms with Gasteiger partial charge in [0.15, 0.2) is 0 Å². The maximum Gasteiger partial charge on any atom is 0.208 e. The Bertz CT molecular complexity index is 274. The average Bonchev–Trinajstić information content (AvgIpc) is 2.65. The Morgan fingerprint density at radius 3 is 2.08 bits per heavy atom. The summed E-state index contributed by atoms with van der Waals surface area (Å²) in [4.78, 5) is 0. The monoisotopic (exact) mass is 203 g/mol. The molecule has 0 saturated heterocycles. The van der Waals surface area contributed by atoms with E-state index in [1.807, 2.05) is 0 Å². The maximum absolute atomic E-state index is 11.0. The lowest BCUT2D eigenvalue weighted by atomic mass is 10.1. The SMILES string of the molecule is CS(=O)(=O)N[C@H]1[C@@H]2CCCCC[C@@H]21. The molecular weight excluding hydrogens is 186 g/mol. The highest BCUT2D eigenvalue weighted by Crippen LogP contribution is 2.48. The quantitative estimate of drug-likeness (QED) is 0.731. The van der Waals surface area contributed by atoms with Gasteiger partial charge in [0, 0.05) is 6.04 Å². The van der Waals surface area contributed by atoms with Crippen LogP contribution in [0.1, 0.15) is 32.1 Å². The van der Waals surface area contributed by atoms with Gasteiger partial charge in [0.05, 0.1) is 6.26 Å². The van der Waals surface area contributed by atoms with Crippen molar-refractivity contribution in [1.29, 1.82) is 0 Å². The second-order valence-electron chi connectivity index (χ2n) is 4.38. The Balaban J connectivity index is 1.92. The zero-order valence-corrected chi connectivity index (χ0v) is 8.81. The van der Waals surface area contributed by atoms with Gasteiger partial charge in [-0.3, -0.25) is 0 Å². The van der Waals surface area contributed by atoms with E-state index in [-0.39, 0.29) is 6.04 Å². The molecule has 2 rings (SSSR count). The van der Waals surface area contributed by atoms with Gasteiger partial charge < -0.3 is 0 Å². The molecule has 3 nitrogen and oxygen atoms in total. The predicted octanol–water partition coefficient (Wildman–Crippen LogP) is 1.11. The van der Waals surface area contributed by atoms with E-state index in [4.69, 9.17) is 0 Å². The van der Waals surface area contributed by atoms with E-state index < -0.39 is 10.0 Å². The highest BCUT2D eigenvalue weighted by atomic mass is 32.2. The van der Waals surface area contributed by atoms with Crippen LogP contribution in [0.3, 0.4) is 0 Å². The first-order chi connectivity index (χ1) is 6.08. The largest absolute Gasteiger partial charge is 0.213 e. The average molecular weight is 203 g/mol. The topological polar surface area (TPSA) is 46.2 Å². The van der Waals surface area contributed by atoms with Crippen LogP contribution in [0.15, 0.2) is 0 Å². The minimum atomic E-state index is -2.98. The van der Waals surface area contributed by atoms with Gasteiger partial charge in [-0.15, -0.1) is 0 Å². The molecule has 76 valence electrons. The smallest absolute Gasteiger partial charge is 0.208 e. The summed E-state index contributed by atoms with van der Waals surface area (Å²) in [5, 5.41) is 0. The Hall–Kier alpha value is -0.0900. The second kappa shape index (κ2) is 3.24. The normalized spacial score (nSPS) is 39.3. The third-order valence-electron chi connectivity index (χ3n) is 3.26. The summed E-state index contributed by atoms with van der Waals surface area (Å²) in [7, 11) is -2.98. The van der Waals surface area contributed by atoms with E-state index in [1.54, 1.807) is 0 Å². The summed E-state index contributed by atoms with van der Waals surface area (Å²) in [5.74, 6) is 1.30. The molecule has 4 heteroatoms. The number of rotatable bonds is 2. The molecule has 2 saturated carbocycles. The Morgan fingerprint density at radius 1 is 1.08 bits per heavy atom. The summed E-state index contributed by atoms with van der Waals surface area (Å²) in [6.07, 6.45) is 7.59. The molecule has 2 aliphatic carbocycles. The lowest BCUT2D eigenvalue weighted by Crippen LogP contribution is -2.26. The summed E-state index contributed by atoms with van der Waals surface area (Å²) in [6.45, 7) is 0. The summed E-state index contributed by atoms with van der Waals surface area (Å²) < 4.78 is 24.7. The molecule has 2 fully saturated rings. The van der Waals surface area contributed by atoms with Gasteiger partial charge in [0.2, 0.25) is 10.0 Å². The molecule has 0 radical (unpaired) electrons. The van der Waals surface area contributed by atoms with Crippen LogP contribution in [0.2, 0.25) is 0 Å². The molecule has 0 aromatic carbocycles. The molecule has 1 N–H and O–H groups in total. The van der Waals surface area contributed by atoms with Crippen LogP contribution in [0.5, 0.6) is 0 Å². The number of hydrogen-bond acceptors (Lipinski definition) is 2. The first-order valence-corrected chi connectivity index (χ1v) is 6.94. The van der Waals surface area contributed by atoms with Crippen molar-refractivity contribution >= 4 is 10.0 Å². The number of sulfonamides is 1. The standard InChI is InChI=1S/C9H17NO2S/c1-13(11,12)10-9-7-5-3-2-4-6-8(7)9/h7-10H,2-6H2,1H3/t7-,8+,9+. The predicted molar refractivity (Wildman–Crippen MR) is 51.8 cm³/mol. The van der Waals surface area contributed by atoms with Crippen molar-refractivity contribution < 1.29 is 8.42 Å².